The van der Waals surface area contributed by atoms with Gasteiger partial charge < -0.3 is 30.5 Å². The summed E-state index contributed by atoms with van der Waals surface area (Å²) in [5.41, 5.74) is 8.52. The lowest BCUT2D eigenvalue weighted by Gasteiger charge is -2.44. The standard InChI is InChI=1S/C29H40ClN3O4/c1-20-8-5-9-21(16-20)27-23(11-6-12-24(27)30)29(36,13-3-4-15-37-2)22-10-7-14-32(17-22)28(35)33-18-25(31)26(34)19-33/h5-6,8-9,11-12,16,22,25-26,34,36H,3-4,7,10,13-15,17-19,31H2,1-2H3/t22-,25-,26+,29+/m1/s1. The molecule has 0 aliphatic carbocycles. The molecule has 2 aromatic rings. The number of nitrogens with zero attached hydrogens (tertiary/aromatic N) is 2. The molecule has 37 heavy (non-hydrogen) atoms. The van der Waals surface area contributed by atoms with Gasteiger partial charge in [0.1, 0.15) is 0 Å². The molecule has 2 heterocycles. The molecule has 2 aliphatic heterocycles. The zero-order valence-corrected chi connectivity index (χ0v) is 22.7. The summed E-state index contributed by atoms with van der Waals surface area (Å²) in [4.78, 5) is 16.8. The third kappa shape index (κ3) is 6.13. The smallest absolute Gasteiger partial charge is 0.320 e. The molecule has 2 aliphatic rings. The number of hydrogen-bond acceptors (Lipinski definition) is 5. The Labute approximate surface area is 225 Å². The summed E-state index contributed by atoms with van der Waals surface area (Å²) in [6.07, 6.45) is 3.03. The van der Waals surface area contributed by atoms with E-state index in [2.05, 4.69) is 6.07 Å². The summed E-state index contributed by atoms with van der Waals surface area (Å²) >= 11 is 6.80. The van der Waals surface area contributed by atoms with Crippen LogP contribution < -0.4 is 5.73 Å². The molecule has 0 radical (unpaired) electrons. The number of hydrogen-bond donors (Lipinski definition) is 3. The van der Waals surface area contributed by atoms with E-state index < -0.39 is 17.7 Å². The molecule has 2 saturated heterocycles. The number of aliphatic hydroxyl groups is 2. The Morgan fingerprint density at radius 3 is 2.65 bits per heavy atom. The maximum atomic E-state index is 13.3. The highest BCUT2D eigenvalue weighted by atomic mass is 35.5. The van der Waals surface area contributed by atoms with E-state index in [-0.39, 0.29) is 18.5 Å². The summed E-state index contributed by atoms with van der Waals surface area (Å²) in [6.45, 7) is 4.31. The lowest BCUT2D eigenvalue weighted by atomic mass is 9.72. The van der Waals surface area contributed by atoms with E-state index in [0.29, 0.717) is 37.7 Å². The maximum absolute atomic E-state index is 13.3. The zero-order chi connectivity index (χ0) is 26.6. The Morgan fingerprint density at radius 2 is 1.95 bits per heavy atom. The number of methoxy groups -OCH3 is 1. The quantitative estimate of drug-likeness (QED) is 0.446. The van der Waals surface area contributed by atoms with E-state index >= 15 is 0 Å². The van der Waals surface area contributed by atoms with Gasteiger partial charge in [0.25, 0.3) is 0 Å². The fraction of sp³-hybridized carbons (Fsp3) is 0.552. The van der Waals surface area contributed by atoms with Crippen LogP contribution in [0.2, 0.25) is 5.02 Å². The van der Waals surface area contributed by atoms with Crippen LogP contribution >= 0.6 is 11.6 Å². The Morgan fingerprint density at radius 1 is 1.16 bits per heavy atom. The highest BCUT2D eigenvalue weighted by Gasteiger charge is 2.44. The van der Waals surface area contributed by atoms with E-state index in [1.807, 2.05) is 48.2 Å². The number of piperidine rings is 1. The van der Waals surface area contributed by atoms with Crippen LogP contribution in [-0.4, -0.2) is 78.1 Å². The summed E-state index contributed by atoms with van der Waals surface area (Å²) in [6, 6.07) is 13.4. The van der Waals surface area contributed by atoms with Crippen LogP contribution in [0.4, 0.5) is 4.79 Å². The molecule has 4 atom stereocenters. The number of aliphatic hydroxyl groups excluding tert-OH is 1. The second-order valence-electron chi connectivity index (χ2n) is 10.6. The van der Waals surface area contributed by atoms with Crippen molar-refractivity contribution < 1.29 is 19.7 Å². The molecular formula is C29H40ClN3O4. The van der Waals surface area contributed by atoms with E-state index in [9.17, 15) is 15.0 Å². The van der Waals surface area contributed by atoms with Gasteiger partial charge in [-0.15, -0.1) is 0 Å². The Balaban J connectivity index is 1.68. The highest BCUT2D eigenvalue weighted by Crippen LogP contribution is 2.46. The first-order valence-electron chi connectivity index (χ1n) is 13.3. The van der Waals surface area contributed by atoms with Crippen molar-refractivity contribution in [3.63, 3.8) is 0 Å². The SMILES string of the molecule is COCCCC[C@@](O)(c1cccc(Cl)c1-c1cccc(C)c1)[C@@H]1CCCN(C(=O)N2C[C@@H](N)[C@@H](O)C2)C1. The number of amides is 2. The Kier molecular flexibility index (Phi) is 9.14. The molecule has 2 aromatic carbocycles. The zero-order valence-electron chi connectivity index (χ0n) is 21.9. The monoisotopic (exact) mass is 529 g/mol. The predicted molar refractivity (Wildman–Crippen MR) is 146 cm³/mol. The topological polar surface area (TPSA) is 99.3 Å². The number of unbranched alkanes of at least 4 members (excludes halogenated alkanes) is 1. The number of carbonyl (C=O) groups is 1. The van der Waals surface area contributed by atoms with Gasteiger partial charge in [-0.3, -0.25) is 0 Å². The molecule has 0 spiro atoms. The summed E-state index contributed by atoms with van der Waals surface area (Å²) in [5, 5.41) is 23.3. The van der Waals surface area contributed by atoms with E-state index in [1.165, 1.54) is 0 Å². The molecule has 8 heteroatoms. The van der Waals surface area contributed by atoms with Crippen LogP contribution in [0.1, 0.15) is 43.2 Å². The van der Waals surface area contributed by atoms with E-state index in [4.69, 9.17) is 22.1 Å². The molecule has 0 aromatic heterocycles. The van der Waals surface area contributed by atoms with Crippen molar-refractivity contribution >= 4 is 17.6 Å². The van der Waals surface area contributed by atoms with Gasteiger partial charge in [0.15, 0.2) is 0 Å². The number of β-amino-alcohol motifs (C(OH)–C–C–N with tert-alkyl or cyclic N) is 1. The van der Waals surface area contributed by atoms with Crippen molar-refractivity contribution in [2.45, 2.75) is 56.8 Å². The highest BCUT2D eigenvalue weighted by molar-refractivity contribution is 6.33. The Bertz CT molecular complexity index is 1070. The lowest BCUT2D eigenvalue weighted by Crippen LogP contribution is -2.52. The van der Waals surface area contributed by atoms with E-state index in [0.717, 1.165) is 47.9 Å². The fourth-order valence-electron chi connectivity index (χ4n) is 5.89. The largest absolute Gasteiger partial charge is 0.390 e. The number of likely N-dealkylation sites (tertiary alicyclic amines) is 2. The molecule has 7 nitrogen and oxygen atoms in total. The number of urea groups is 1. The first kappa shape index (κ1) is 27.9. The molecule has 202 valence electrons. The van der Waals surface area contributed by atoms with Gasteiger partial charge in [-0.2, -0.15) is 0 Å². The second kappa shape index (κ2) is 12.1. The molecule has 4 N–H and O–H groups in total. The number of nitrogens with two attached hydrogens (primary N) is 1. The van der Waals surface area contributed by atoms with Gasteiger partial charge in [-0.25, -0.2) is 4.79 Å². The summed E-state index contributed by atoms with van der Waals surface area (Å²) in [7, 11) is 1.69. The van der Waals surface area contributed by atoms with Crippen molar-refractivity contribution in [1.29, 1.82) is 0 Å². The van der Waals surface area contributed by atoms with Gasteiger partial charge in [0, 0.05) is 62.4 Å². The summed E-state index contributed by atoms with van der Waals surface area (Å²) < 4.78 is 5.26. The van der Waals surface area contributed by atoms with Crippen LogP contribution in [0, 0.1) is 12.8 Å². The maximum Gasteiger partial charge on any atom is 0.320 e. The third-order valence-corrected chi connectivity index (χ3v) is 8.23. The molecule has 2 fully saturated rings. The number of ether oxygens (including phenoxy) is 1. The molecule has 0 bridgehead atoms. The molecular weight excluding hydrogens is 490 g/mol. The van der Waals surface area contributed by atoms with Crippen LogP contribution in [-0.2, 0) is 10.3 Å². The van der Waals surface area contributed by atoms with Gasteiger partial charge in [-0.05, 0) is 56.2 Å². The van der Waals surface area contributed by atoms with Crippen LogP contribution in [0.15, 0.2) is 42.5 Å². The second-order valence-corrected chi connectivity index (χ2v) is 11.0. The molecule has 0 unspecified atom stereocenters. The number of aryl methyl sites for hydroxylation is 1. The minimum Gasteiger partial charge on any atom is -0.390 e. The molecule has 0 saturated carbocycles. The number of halogens is 1. The minimum absolute atomic E-state index is 0.122. The normalized spacial score (nSPS) is 23.8. The first-order valence-corrected chi connectivity index (χ1v) is 13.7. The number of rotatable bonds is 8. The average molecular weight is 530 g/mol. The van der Waals surface area contributed by atoms with Crippen molar-refractivity contribution in [3.05, 3.63) is 58.6 Å². The van der Waals surface area contributed by atoms with Crippen molar-refractivity contribution in [1.82, 2.24) is 9.80 Å². The van der Waals surface area contributed by atoms with Crippen LogP contribution in [0.5, 0.6) is 0 Å². The van der Waals surface area contributed by atoms with Gasteiger partial charge in [-0.1, -0.05) is 53.6 Å². The van der Waals surface area contributed by atoms with Crippen molar-refractivity contribution in [2.75, 3.05) is 39.9 Å². The van der Waals surface area contributed by atoms with Crippen molar-refractivity contribution in [2.24, 2.45) is 11.7 Å². The van der Waals surface area contributed by atoms with E-state index in [1.54, 1.807) is 12.0 Å². The lowest BCUT2D eigenvalue weighted by molar-refractivity contribution is -0.0571. The fourth-order valence-corrected chi connectivity index (χ4v) is 6.17. The van der Waals surface area contributed by atoms with Crippen LogP contribution in [0.3, 0.4) is 0 Å². The number of benzene rings is 2. The average Bonchev–Trinajstić information content (AvgIpc) is 3.23. The van der Waals surface area contributed by atoms with Gasteiger partial charge in [0.05, 0.1) is 11.7 Å². The molecule has 4 rings (SSSR count). The van der Waals surface area contributed by atoms with Gasteiger partial charge in [0.2, 0.25) is 0 Å². The molecule has 2 amide bonds. The van der Waals surface area contributed by atoms with Crippen molar-refractivity contribution in [3.8, 4) is 11.1 Å². The summed E-state index contributed by atoms with van der Waals surface area (Å²) in [5.74, 6) is -0.170. The Hall–Kier alpha value is -2.16. The predicted octanol–water partition coefficient (Wildman–Crippen LogP) is 4.16. The number of carbonyl (C=O) groups excluding carboxylic acids is 1. The minimum atomic E-state index is -1.18. The van der Waals surface area contributed by atoms with Gasteiger partial charge >= 0.3 is 6.03 Å². The van der Waals surface area contributed by atoms with Crippen LogP contribution in [0.25, 0.3) is 11.1 Å². The first-order chi connectivity index (χ1) is 17.7. The third-order valence-electron chi connectivity index (χ3n) is 7.91.